The van der Waals surface area contributed by atoms with Crippen LogP contribution in [0.3, 0.4) is 0 Å². The quantitative estimate of drug-likeness (QED) is 0.604. The molecule has 0 spiro atoms. The first-order valence-electron chi connectivity index (χ1n) is 6.98. The molecule has 2 rings (SSSR count). The number of benzene rings is 2. The van der Waals surface area contributed by atoms with Gasteiger partial charge in [-0.2, -0.15) is 0 Å². The molecule has 2 aromatic carbocycles. The van der Waals surface area contributed by atoms with E-state index >= 15 is 0 Å². The molecule has 0 aliphatic carbocycles. The van der Waals surface area contributed by atoms with Crippen LogP contribution in [0, 0.1) is 0 Å². The molecule has 0 aliphatic heterocycles. The summed E-state index contributed by atoms with van der Waals surface area (Å²) in [7, 11) is 0. The molecule has 0 atom stereocenters. The molecule has 0 heterocycles. The molecule has 0 fully saturated rings. The molecule has 2 aromatic rings. The Morgan fingerprint density at radius 2 is 0.850 bits per heavy atom. The first kappa shape index (κ1) is 16.0. The van der Waals surface area contributed by atoms with E-state index < -0.39 is 0 Å². The van der Waals surface area contributed by atoms with Crippen LogP contribution in [0.5, 0.6) is 0 Å². The largest absolute Gasteiger partial charge is 0.0758 e. The molecule has 0 unspecified atom stereocenters. The van der Waals surface area contributed by atoms with Crippen molar-refractivity contribution in [2.75, 3.05) is 0 Å². The Hall–Kier alpha value is -2.08. The van der Waals surface area contributed by atoms with Crippen LogP contribution in [0.4, 0.5) is 0 Å². The lowest BCUT2D eigenvalue weighted by Gasteiger charge is -1.91. The molecule has 0 nitrogen and oxygen atoms in total. The molecular weight excluding hydrogens is 240 g/mol. The van der Waals surface area contributed by atoms with Gasteiger partial charge in [-0.3, -0.25) is 0 Å². The normalized spacial score (nSPS) is 9.00. The van der Waals surface area contributed by atoms with Crippen LogP contribution in [-0.2, 0) is 0 Å². The van der Waals surface area contributed by atoms with Crippen molar-refractivity contribution in [2.24, 2.45) is 0 Å². The average molecular weight is 264 g/mol. The summed E-state index contributed by atoms with van der Waals surface area (Å²) in [6.45, 7) is 8.42. The van der Waals surface area contributed by atoms with E-state index in [9.17, 15) is 0 Å². The van der Waals surface area contributed by atoms with Crippen molar-refractivity contribution in [3.8, 4) is 0 Å². The second-order valence-electron chi connectivity index (χ2n) is 5.26. The Kier molecular flexibility index (Phi) is 7.13. The second kappa shape index (κ2) is 8.92. The summed E-state index contributed by atoms with van der Waals surface area (Å²) in [4.78, 5) is 0. The van der Waals surface area contributed by atoms with E-state index in [4.69, 9.17) is 0 Å². The molecular formula is C20H24. The molecule has 0 saturated heterocycles. The third kappa shape index (κ3) is 7.38. The monoisotopic (exact) mass is 264 g/mol. The fourth-order valence-corrected chi connectivity index (χ4v) is 1.77. The van der Waals surface area contributed by atoms with E-state index in [0.717, 1.165) is 0 Å². The summed E-state index contributed by atoms with van der Waals surface area (Å²) in [5.41, 5.74) is 5.24. The Labute approximate surface area is 123 Å². The van der Waals surface area contributed by atoms with Gasteiger partial charge in [0.1, 0.15) is 0 Å². The standard InChI is InChI=1S/2C10H12/c2*1-9(2)8-10-6-4-3-5-7-10/h2*3-8H,1-2H3. The van der Waals surface area contributed by atoms with Gasteiger partial charge in [0, 0.05) is 0 Å². The maximum Gasteiger partial charge on any atom is -0.0257 e. The van der Waals surface area contributed by atoms with Gasteiger partial charge in [0.15, 0.2) is 0 Å². The average Bonchev–Trinajstić information content (AvgIpc) is 2.40. The Morgan fingerprint density at radius 3 is 1.10 bits per heavy atom. The van der Waals surface area contributed by atoms with Crippen molar-refractivity contribution >= 4 is 12.2 Å². The van der Waals surface area contributed by atoms with Gasteiger partial charge in [-0.25, -0.2) is 0 Å². The van der Waals surface area contributed by atoms with Gasteiger partial charge in [0.05, 0.1) is 0 Å². The van der Waals surface area contributed by atoms with Gasteiger partial charge in [0.25, 0.3) is 0 Å². The third-order valence-corrected chi connectivity index (χ3v) is 2.51. The van der Waals surface area contributed by atoms with Crippen molar-refractivity contribution in [1.82, 2.24) is 0 Å². The lowest BCUT2D eigenvalue weighted by Crippen LogP contribution is -1.69. The minimum Gasteiger partial charge on any atom is -0.0758 e. The zero-order valence-electron chi connectivity index (χ0n) is 12.9. The first-order valence-corrected chi connectivity index (χ1v) is 6.98. The zero-order chi connectivity index (χ0) is 14.8. The lowest BCUT2D eigenvalue weighted by molar-refractivity contribution is 1.42. The van der Waals surface area contributed by atoms with Crippen LogP contribution < -0.4 is 0 Å². The summed E-state index contributed by atoms with van der Waals surface area (Å²) < 4.78 is 0. The molecule has 0 N–H and O–H groups in total. The Bertz CT molecular complexity index is 484. The highest BCUT2D eigenvalue weighted by molar-refractivity contribution is 5.51. The van der Waals surface area contributed by atoms with Crippen molar-refractivity contribution in [3.63, 3.8) is 0 Å². The van der Waals surface area contributed by atoms with Gasteiger partial charge in [0.2, 0.25) is 0 Å². The minimum atomic E-state index is 1.28. The molecule has 0 heteroatoms. The highest BCUT2D eigenvalue weighted by Gasteiger charge is 1.82. The fraction of sp³-hybridized carbons (Fsp3) is 0.200. The fourth-order valence-electron chi connectivity index (χ4n) is 1.77. The van der Waals surface area contributed by atoms with E-state index in [2.05, 4.69) is 88.4 Å². The first-order chi connectivity index (χ1) is 9.58. The number of rotatable bonds is 2. The van der Waals surface area contributed by atoms with Gasteiger partial charge >= 0.3 is 0 Å². The molecule has 104 valence electrons. The maximum absolute atomic E-state index is 2.17. The van der Waals surface area contributed by atoms with Gasteiger partial charge < -0.3 is 0 Å². The third-order valence-electron chi connectivity index (χ3n) is 2.51. The van der Waals surface area contributed by atoms with Crippen LogP contribution in [0.2, 0.25) is 0 Å². The van der Waals surface area contributed by atoms with Crippen LogP contribution >= 0.6 is 0 Å². The molecule has 0 radical (unpaired) electrons. The van der Waals surface area contributed by atoms with Crippen LogP contribution in [-0.4, -0.2) is 0 Å². The SMILES string of the molecule is CC(C)=Cc1ccccc1.CC(C)=Cc1ccccc1. The summed E-state index contributed by atoms with van der Waals surface area (Å²) >= 11 is 0. The smallest absolute Gasteiger partial charge is 0.0257 e. The summed E-state index contributed by atoms with van der Waals surface area (Å²) in [5.74, 6) is 0. The van der Waals surface area contributed by atoms with Crippen LogP contribution in [0.15, 0.2) is 71.8 Å². The highest BCUT2D eigenvalue weighted by atomic mass is 13.9. The van der Waals surface area contributed by atoms with Crippen molar-refractivity contribution in [3.05, 3.63) is 82.9 Å². The second-order valence-corrected chi connectivity index (χ2v) is 5.26. The van der Waals surface area contributed by atoms with Crippen LogP contribution in [0.25, 0.3) is 12.2 Å². The van der Waals surface area contributed by atoms with Gasteiger partial charge in [-0.1, -0.05) is 84.0 Å². The Balaban J connectivity index is 0.000000200. The summed E-state index contributed by atoms with van der Waals surface area (Å²) in [6, 6.07) is 20.7. The van der Waals surface area contributed by atoms with Crippen molar-refractivity contribution < 1.29 is 0 Å². The predicted molar refractivity (Wildman–Crippen MR) is 91.5 cm³/mol. The predicted octanol–water partition coefficient (Wildman–Crippen LogP) is 6.22. The minimum absolute atomic E-state index is 1.28. The van der Waals surface area contributed by atoms with E-state index in [0.29, 0.717) is 0 Å². The lowest BCUT2D eigenvalue weighted by atomic mass is 10.2. The van der Waals surface area contributed by atoms with Crippen molar-refractivity contribution in [2.45, 2.75) is 27.7 Å². The van der Waals surface area contributed by atoms with E-state index in [1.807, 2.05) is 12.1 Å². The molecule has 0 saturated carbocycles. The highest BCUT2D eigenvalue weighted by Crippen LogP contribution is 2.05. The number of allylic oxidation sites excluding steroid dienone is 2. The summed E-state index contributed by atoms with van der Waals surface area (Å²) in [5, 5.41) is 0. The number of hydrogen-bond acceptors (Lipinski definition) is 0. The van der Waals surface area contributed by atoms with Gasteiger partial charge in [-0.15, -0.1) is 0 Å². The topological polar surface area (TPSA) is 0 Å². The molecule has 20 heavy (non-hydrogen) atoms. The van der Waals surface area contributed by atoms with Crippen LogP contribution in [0.1, 0.15) is 38.8 Å². The molecule has 0 bridgehead atoms. The van der Waals surface area contributed by atoms with Gasteiger partial charge in [-0.05, 0) is 38.8 Å². The van der Waals surface area contributed by atoms with E-state index in [1.54, 1.807) is 0 Å². The number of hydrogen-bond donors (Lipinski definition) is 0. The maximum atomic E-state index is 2.17. The zero-order valence-corrected chi connectivity index (χ0v) is 12.9. The van der Waals surface area contributed by atoms with E-state index in [-0.39, 0.29) is 0 Å². The molecule has 0 aliphatic rings. The molecule has 0 aromatic heterocycles. The van der Waals surface area contributed by atoms with E-state index in [1.165, 1.54) is 22.3 Å². The molecule has 0 amide bonds. The summed E-state index contributed by atoms with van der Waals surface area (Å²) in [6.07, 6.45) is 4.33. The Morgan fingerprint density at radius 1 is 0.550 bits per heavy atom. The van der Waals surface area contributed by atoms with Crippen molar-refractivity contribution in [1.29, 1.82) is 0 Å².